The van der Waals surface area contributed by atoms with Crippen molar-refractivity contribution >= 4 is 52.6 Å². The molecular formula is C32H28Cl2N2O5. The van der Waals surface area contributed by atoms with Crippen LogP contribution in [0.3, 0.4) is 0 Å². The Bertz CT molecular complexity index is 1450. The molecule has 210 valence electrons. The molecule has 0 unspecified atom stereocenters. The number of ether oxygens (including phenoxy) is 1. The standard InChI is InChI=1S/C32H28Cl2N2O5/c1-2-3-8-17-41-30(40)19-13-15-20(16-14-19)35-25(37)18-36-28(38)26-27(29(36)39)32(34)22-10-5-4-9-21(22)31(26,33)23-11-6-7-12-24(23)32/h4-7,9-16,26-27H,2-3,8,17-18H2,1H3,(H,35,37)/t26-,27+,31?,32?. The van der Waals surface area contributed by atoms with Gasteiger partial charge in [-0.15, -0.1) is 23.2 Å². The largest absolute Gasteiger partial charge is 0.462 e. The van der Waals surface area contributed by atoms with E-state index in [-0.39, 0.29) is 0 Å². The molecule has 41 heavy (non-hydrogen) atoms. The minimum absolute atomic E-state index is 0.356. The Morgan fingerprint density at radius 1 is 0.805 bits per heavy atom. The normalized spacial score (nSPS) is 25.4. The molecule has 9 heteroatoms. The average Bonchev–Trinajstić information content (AvgIpc) is 3.24. The second-order valence-electron chi connectivity index (χ2n) is 10.7. The lowest BCUT2D eigenvalue weighted by Gasteiger charge is -2.54. The Hall–Kier alpha value is -3.68. The summed E-state index contributed by atoms with van der Waals surface area (Å²) >= 11 is 14.8. The van der Waals surface area contributed by atoms with Crippen LogP contribution in [0.25, 0.3) is 0 Å². The van der Waals surface area contributed by atoms with E-state index in [4.69, 9.17) is 27.9 Å². The molecule has 2 bridgehead atoms. The van der Waals surface area contributed by atoms with Crippen LogP contribution >= 0.6 is 23.2 Å². The van der Waals surface area contributed by atoms with E-state index in [1.54, 1.807) is 24.3 Å². The van der Waals surface area contributed by atoms with Gasteiger partial charge in [0.05, 0.1) is 24.0 Å². The maximum absolute atomic E-state index is 13.9. The first kappa shape index (κ1) is 27.5. The van der Waals surface area contributed by atoms with E-state index >= 15 is 0 Å². The number of likely N-dealkylation sites (tertiary alicyclic amines) is 1. The molecular weight excluding hydrogens is 563 g/mol. The summed E-state index contributed by atoms with van der Waals surface area (Å²) in [4.78, 5) is 51.4. The van der Waals surface area contributed by atoms with Gasteiger partial charge in [0, 0.05) is 5.69 Å². The Kier molecular flexibility index (Phi) is 6.91. The van der Waals surface area contributed by atoms with Gasteiger partial charge in [0.15, 0.2) is 0 Å². The number of carbonyl (C=O) groups excluding carboxylic acids is 4. The van der Waals surface area contributed by atoms with Gasteiger partial charge < -0.3 is 10.1 Å². The van der Waals surface area contributed by atoms with Crippen LogP contribution in [0.1, 0.15) is 58.8 Å². The minimum Gasteiger partial charge on any atom is -0.462 e. The summed E-state index contributed by atoms with van der Waals surface area (Å²) in [6.45, 7) is 1.94. The number of nitrogens with one attached hydrogen (secondary N) is 1. The third kappa shape index (κ3) is 4.09. The van der Waals surface area contributed by atoms with E-state index in [9.17, 15) is 19.2 Å². The molecule has 7 rings (SSSR count). The van der Waals surface area contributed by atoms with Crippen LogP contribution in [0.5, 0.6) is 0 Å². The average molecular weight is 591 g/mol. The summed E-state index contributed by atoms with van der Waals surface area (Å²) in [5.41, 5.74) is 3.58. The lowest BCUT2D eigenvalue weighted by Crippen LogP contribution is -2.57. The quantitative estimate of drug-likeness (QED) is 0.160. The molecule has 0 spiro atoms. The molecule has 0 aromatic heterocycles. The molecule has 1 aliphatic heterocycles. The van der Waals surface area contributed by atoms with Crippen molar-refractivity contribution in [1.29, 1.82) is 0 Å². The van der Waals surface area contributed by atoms with Crippen molar-refractivity contribution in [3.05, 3.63) is 101 Å². The first-order valence-corrected chi connectivity index (χ1v) is 14.5. The van der Waals surface area contributed by atoms with E-state index < -0.39 is 51.8 Å². The number of imide groups is 1. The molecule has 7 nitrogen and oxygen atoms in total. The Labute approximate surface area is 247 Å². The second-order valence-corrected chi connectivity index (χ2v) is 11.9. The molecule has 3 aromatic carbocycles. The van der Waals surface area contributed by atoms with Crippen LogP contribution < -0.4 is 5.32 Å². The fourth-order valence-electron chi connectivity index (χ4n) is 6.51. The zero-order valence-corrected chi connectivity index (χ0v) is 23.9. The molecule has 1 fully saturated rings. The predicted octanol–water partition coefficient (Wildman–Crippen LogP) is 5.57. The van der Waals surface area contributed by atoms with Crippen molar-refractivity contribution in [3.8, 4) is 0 Å². The van der Waals surface area contributed by atoms with Crippen LogP contribution in [0.2, 0.25) is 0 Å². The third-order valence-electron chi connectivity index (χ3n) is 8.36. The summed E-state index contributed by atoms with van der Waals surface area (Å²) in [6.07, 6.45) is 2.82. The maximum Gasteiger partial charge on any atom is 0.338 e. The van der Waals surface area contributed by atoms with Gasteiger partial charge in [-0.1, -0.05) is 68.3 Å². The number of esters is 1. The van der Waals surface area contributed by atoms with Gasteiger partial charge in [-0.25, -0.2) is 4.79 Å². The number of amides is 3. The van der Waals surface area contributed by atoms with Gasteiger partial charge in [0.25, 0.3) is 0 Å². The lowest BCUT2D eigenvalue weighted by atomic mass is 9.54. The zero-order chi connectivity index (χ0) is 28.9. The number of unbranched alkanes of at least 4 members (excludes halogenated alkanes) is 2. The van der Waals surface area contributed by atoms with Gasteiger partial charge in [0.1, 0.15) is 16.3 Å². The Morgan fingerprint density at radius 3 is 1.76 bits per heavy atom. The number of anilines is 1. The number of halogens is 2. The molecule has 0 radical (unpaired) electrons. The first-order valence-electron chi connectivity index (χ1n) is 13.7. The highest BCUT2D eigenvalue weighted by Gasteiger charge is 2.73. The highest BCUT2D eigenvalue weighted by Crippen LogP contribution is 2.69. The number of hydrogen-bond donors (Lipinski definition) is 1. The van der Waals surface area contributed by atoms with E-state index in [1.165, 1.54) is 0 Å². The van der Waals surface area contributed by atoms with Crippen molar-refractivity contribution in [2.24, 2.45) is 11.8 Å². The number of carbonyl (C=O) groups is 4. The van der Waals surface area contributed by atoms with Crippen LogP contribution in [-0.2, 0) is 28.9 Å². The van der Waals surface area contributed by atoms with Gasteiger partial charge in [0.2, 0.25) is 17.7 Å². The SMILES string of the molecule is CCCCCOC(=O)c1ccc(NC(=O)CN2C(=O)[C@@H]3[C@H](C2=O)C2(Cl)c4ccccc4C3(Cl)c3ccccc32)cc1. The van der Waals surface area contributed by atoms with Crippen LogP contribution in [0.15, 0.2) is 72.8 Å². The summed E-state index contributed by atoms with van der Waals surface area (Å²) < 4.78 is 5.27. The van der Waals surface area contributed by atoms with Crippen LogP contribution in [0, 0.1) is 11.8 Å². The van der Waals surface area contributed by atoms with Gasteiger partial charge in [-0.2, -0.15) is 0 Å². The highest BCUT2D eigenvalue weighted by atomic mass is 35.5. The summed E-state index contributed by atoms with van der Waals surface area (Å²) in [6, 6.07) is 21.0. The van der Waals surface area contributed by atoms with E-state index in [0.29, 0.717) is 40.1 Å². The van der Waals surface area contributed by atoms with E-state index in [0.717, 1.165) is 24.2 Å². The molecule has 3 aromatic rings. The van der Waals surface area contributed by atoms with E-state index in [1.807, 2.05) is 48.5 Å². The number of rotatable bonds is 8. The van der Waals surface area contributed by atoms with E-state index in [2.05, 4.69) is 12.2 Å². The van der Waals surface area contributed by atoms with Crippen molar-refractivity contribution in [1.82, 2.24) is 4.90 Å². The molecule has 3 amide bonds. The number of alkyl halides is 2. The molecule has 2 atom stereocenters. The van der Waals surface area contributed by atoms with Crippen molar-refractivity contribution in [2.75, 3.05) is 18.5 Å². The van der Waals surface area contributed by atoms with Crippen molar-refractivity contribution < 1.29 is 23.9 Å². The lowest BCUT2D eigenvalue weighted by molar-refractivity contribution is -0.142. The predicted molar refractivity (Wildman–Crippen MR) is 155 cm³/mol. The Morgan fingerprint density at radius 2 is 1.29 bits per heavy atom. The zero-order valence-electron chi connectivity index (χ0n) is 22.4. The molecule has 3 aliphatic carbocycles. The van der Waals surface area contributed by atoms with Gasteiger partial charge in [-0.05, 0) is 52.9 Å². The van der Waals surface area contributed by atoms with Gasteiger partial charge in [-0.3, -0.25) is 19.3 Å². The smallest absolute Gasteiger partial charge is 0.338 e. The molecule has 1 N–H and O–H groups in total. The topological polar surface area (TPSA) is 92.8 Å². The number of hydrogen-bond acceptors (Lipinski definition) is 5. The third-order valence-corrected chi connectivity index (χ3v) is 9.65. The molecule has 4 aliphatic rings. The fraction of sp³-hybridized carbons (Fsp3) is 0.312. The number of benzene rings is 3. The second kappa shape index (κ2) is 10.3. The van der Waals surface area contributed by atoms with Crippen molar-refractivity contribution in [2.45, 2.75) is 35.9 Å². The number of nitrogens with zero attached hydrogens (tertiary/aromatic N) is 1. The fourth-order valence-corrected chi connectivity index (χ4v) is 7.61. The molecule has 1 saturated heterocycles. The first-order chi connectivity index (χ1) is 19.7. The maximum atomic E-state index is 13.9. The summed E-state index contributed by atoms with van der Waals surface area (Å²) in [7, 11) is 0. The monoisotopic (exact) mass is 590 g/mol. The highest BCUT2D eigenvalue weighted by molar-refractivity contribution is 6.36. The molecule has 0 saturated carbocycles. The minimum atomic E-state index is -1.30. The summed E-state index contributed by atoms with van der Waals surface area (Å²) in [5.74, 6) is -3.98. The Balaban J connectivity index is 1.22. The van der Waals surface area contributed by atoms with Crippen LogP contribution in [0.4, 0.5) is 5.69 Å². The van der Waals surface area contributed by atoms with Crippen molar-refractivity contribution in [3.63, 3.8) is 0 Å². The molecule has 1 heterocycles. The summed E-state index contributed by atoms with van der Waals surface area (Å²) in [5, 5.41) is 2.71. The van der Waals surface area contributed by atoms with Crippen LogP contribution in [-0.4, -0.2) is 41.7 Å². The van der Waals surface area contributed by atoms with Gasteiger partial charge >= 0.3 is 5.97 Å².